The first-order chi connectivity index (χ1) is 7.06. The number of likely N-dealkylation sites (N-methyl/N-ethyl adjacent to an activating group) is 2. The second kappa shape index (κ2) is 5.18. The Labute approximate surface area is 97.3 Å². The maximum absolute atomic E-state index is 11.7. The molecular formula is C11H22N2O3. The number of hydrogen-bond donors (Lipinski definition) is 0. The molecule has 5 nitrogen and oxygen atoms in total. The van der Waals surface area contributed by atoms with Crippen molar-refractivity contribution in [3.05, 3.63) is 0 Å². The van der Waals surface area contributed by atoms with Gasteiger partial charge in [-0.25, -0.2) is 4.79 Å². The summed E-state index contributed by atoms with van der Waals surface area (Å²) >= 11 is 0. The lowest BCUT2D eigenvalue weighted by Gasteiger charge is -2.29. The Morgan fingerprint density at radius 2 is 1.56 bits per heavy atom. The molecule has 16 heavy (non-hydrogen) atoms. The van der Waals surface area contributed by atoms with Crippen molar-refractivity contribution in [1.82, 2.24) is 9.80 Å². The molecule has 0 N–H and O–H groups in total. The van der Waals surface area contributed by atoms with Gasteiger partial charge in [0.15, 0.2) is 0 Å². The minimum Gasteiger partial charge on any atom is -0.444 e. The summed E-state index contributed by atoms with van der Waals surface area (Å²) in [6.07, 6.45) is -0.491. The summed E-state index contributed by atoms with van der Waals surface area (Å²) in [6, 6.07) is -0.523. The van der Waals surface area contributed by atoms with Gasteiger partial charge in [-0.05, 0) is 27.7 Å². The van der Waals surface area contributed by atoms with Gasteiger partial charge in [-0.15, -0.1) is 0 Å². The van der Waals surface area contributed by atoms with Gasteiger partial charge in [0.05, 0.1) is 0 Å². The zero-order valence-corrected chi connectivity index (χ0v) is 11.2. The zero-order chi connectivity index (χ0) is 13.1. The Kier molecular flexibility index (Phi) is 4.78. The molecule has 0 rings (SSSR count). The minimum atomic E-state index is -0.549. The van der Waals surface area contributed by atoms with Crippen LogP contribution in [0.15, 0.2) is 0 Å². The van der Waals surface area contributed by atoms with Gasteiger partial charge in [0, 0.05) is 21.1 Å². The SMILES string of the molecule is C[C@@H](C(=O)N(C)C)N(C)C(=O)OC(C)(C)C. The van der Waals surface area contributed by atoms with Gasteiger partial charge < -0.3 is 9.64 Å². The Morgan fingerprint density at radius 3 is 1.88 bits per heavy atom. The highest BCUT2D eigenvalue weighted by molar-refractivity contribution is 5.84. The van der Waals surface area contributed by atoms with Gasteiger partial charge in [0.1, 0.15) is 11.6 Å². The van der Waals surface area contributed by atoms with Crippen molar-refractivity contribution in [3.63, 3.8) is 0 Å². The molecular weight excluding hydrogens is 208 g/mol. The van der Waals surface area contributed by atoms with Gasteiger partial charge in [0.25, 0.3) is 0 Å². The molecule has 0 aromatic carbocycles. The third-order valence-electron chi connectivity index (χ3n) is 2.06. The average Bonchev–Trinajstić information content (AvgIpc) is 2.11. The number of nitrogens with zero attached hydrogens (tertiary/aromatic N) is 2. The van der Waals surface area contributed by atoms with Crippen molar-refractivity contribution in [1.29, 1.82) is 0 Å². The second-order valence-electron chi connectivity index (χ2n) is 5.00. The van der Waals surface area contributed by atoms with E-state index in [1.807, 2.05) is 0 Å². The van der Waals surface area contributed by atoms with E-state index >= 15 is 0 Å². The third-order valence-corrected chi connectivity index (χ3v) is 2.06. The molecule has 0 saturated carbocycles. The first-order valence-corrected chi connectivity index (χ1v) is 5.23. The first-order valence-electron chi connectivity index (χ1n) is 5.23. The normalized spacial score (nSPS) is 12.9. The molecule has 0 spiro atoms. The highest BCUT2D eigenvalue weighted by atomic mass is 16.6. The standard InChI is InChI=1S/C11H22N2O3/c1-8(9(14)12(5)6)13(7)10(15)16-11(2,3)4/h8H,1-7H3/t8-/m0/s1. The van der Waals surface area contributed by atoms with Crippen LogP contribution < -0.4 is 0 Å². The molecule has 0 aliphatic heterocycles. The van der Waals surface area contributed by atoms with Crippen molar-refractivity contribution < 1.29 is 14.3 Å². The lowest BCUT2D eigenvalue weighted by atomic mass is 10.2. The van der Waals surface area contributed by atoms with Crippen LogP contribution in [0.3, 0.4) is 0 Å². The van der Waals surface area contributed by atoms with E-state index in [0.717, 1.165) is 0 Å². The van der Waals surface area contributed by atoms with Crippen molar-refractivity contribution in [2.75, 3.05) is 21.1 Å². The second-order valence-corrected chi connectivity index (χ2v) is 5.00. The molecule has 5 heteroatoms. The summed E-state index contributed by atoms with van der Waals surface area (Å²) in [5.74, 6) is -0.131. The van der Waals surface area contributed by atoms with E-state index in [9.17, 15) is 9.59 Å². The Hall–Kier alpha value is -1.26. The number of amides is 2. The van der Waals surface area contributed by atoms with Gasteiger partial charge in [-0.3, -0.25) is 9.69 Å². The number of hydrogen-bond acceptors (Lipinski definition) is 3. The molecule has 0 unspecified atom stereocenters. The predicted octanol–water partition coefficient (Wildman–Crippen LogP) is 1.33. The summed E-state index contributed by atoms with van der Waals surface area (Å²) in [5.41, 5.74) is -0.549. The molecule has 94 valence electrons. The molecule has 0 bridgehead atoms. The van der Waals surface area contributed by atoms with E-state index in [0.29, 0.717) is 0 Å². The molecule has 0 aliphatic rings. The molecule has 0 radical (unpaired) electrons. The minimum absolute atomic E-state index is 0.131. The Bertz CT molecular complexity index is 269. The fourth-order valence-corrected chi connectivity index (χ4v) is 1.03. The molecule has 2 amide bonds. The predicted molar refractivity (Wildman–Crippen MR) is 62.2 cm³/mol. The van der Waals surface area contributed by atoms with E-state index < -0.39 is 17.7 Å². The lowest BCUT2D eigenvalue weighted by molar-refractivity contribution is -0.133. The van der Waals surface area contributed by atoms with E-state index in [-0.39, 0.29) is 5.91 Å². The summed E-state index contributed by atoms with van der Waals surface area (Å²) in [5, 5.41) is 0. The maximum Gasteiger partial charge on any atom is 0.410 e. The quantitative estimate of drug-likeness (QED) is 0.719. The Balaban J connectivity index is 4.50. The van der Waals surface area contributed by atoms with Crippen molar-refractivity contribution in [2.24, 2.45) is 0 Å². The first kappa shape index (κ1) is 14.7. The fraction of sp³-hybridized carbons (Fsp3) is 0.818. The van der Waals surface area contributed by atoms with Crippen LogP contribution in [0.5, 0.6) is 0 Å². The summed E-state index contributed by atoms with van der Waals surface area (Å²) in [4.78, 5) is 26.0. The van der Waals surface area contributed by atoms with Crippen LogP contribution in [0.1, 0.15) is 27.7 Å². The van der Waals surface area contributed by atoms with Crippen LogP contribution in [0, 0.1) is 0 Å². The van der Waals surface area contributed by atoms with E-state index in [2.05, 4.69) is 0 Å². The monoisotopic (exact) mass is 230 g/mol. The number of carbonyl (C=O) groups excluding carboxylic acids is 2. The maximum atomic E-state index is 11.7. The zero-order valence-electron chi connectivity index (χ0n) is 11.2. The van der Waals surface area contributed by atoms with Crippen LogP contribution in [0.4, 0.5) is 4.79 Å². The Morgan fingerprint density at radius 1 is 1.12 bits per heavy atom. The molecule has 0 fully saturated rings. The molecule has 0 heterocycles. The van der Waals surface area contributed by atoms with Crippen LogP contribution in [0.2, 0.25) is 0 Å². The van der Waals surface area contributed by atoms with Gasteiger partial charge in [-0.2, -0.15) is 0 Å². The van der Waals surface area contributed by atoms with Crippen molar-refractivity contribution in [3.8, 4) is 0 Å². The highest BCUT2D eigenvalue weighted by Crippen LogP contribution is 2.11. The molecule has 0 aliphatic carbocycles. The fourth-order valence-electron chi connectivity index (χ4n) is 1.03. The average molecular weight is 230 g/mol. The number of rotatable bonds is 2. The smallest absolute Gasteiger partial charge is 0.410 e. The topological polar surface area (TPSA) is 49.9 Å². The van der Waals surface area contributed by atoms with E-state index in [4.69, 9.17) is 4.74 Å². The third kappa shape index (κ3) is 4.51. The van der Waals surface area contributed by atoms with Crippen LogP contribution in [-0.4, -0.2) is 54.6 Å². The van der Waals surface area contributed by atoms with Crippen LogP contribution >= 0.6 is 0 Å². The van der Waals surface area contributed by atoms with Crippen LogP contribution in [0.25, 0.3) is 0 Å². The molecule has 0 aromatic heterocycles. The highest BCUT2D eigenvalue weighted by Gasteiger charge is 2.27. The van der Waals surface area contributed by atoms with E-state index in [1.54, 1.807) is 48.8 Å². The molecule has 0 saturated heterocycles. The summed E-state index contributed by atoms with van der Waals surface area (Å²) < 4.78 is 5.17. The number of carbonyl (C=O) groups is 2. The van der Waals surface area contributed by atoms with Gasteiger partial charge >= 0.3 is 6.09 Å². The molecule has 1 atom stereocenters. The van der Waals surface area contributed by atoms with Crippen molar-refractivity contribution in [2.45, 2.75) is 39.3 Å². The number of ether oxygens (including phenoxy) is 1. The lowest BCUT2D eigenvalue weighted by Crippen LogP contribution is -2.47. The van der Waals surface area contributed by atoms with E-state index in [1.165, 1.54) is 9.80 Å². The van der Waals surface area contributed by atoms with Gasteiger partial charge in [0.2, 0.25) is 5.91 Å². The summed E-state index contributed by atoms with van der Waals surface area (Å²) in [6.45, 7) is 7.04. The summed E-state index contributed by atoms with van der Waals surface area (Å²) in [7, 11) is 4.86. The van der Waals surface area contributed by atoms with Crippen LogP contribution in [-0.2, 0) is 9.53 Å². The van der Waals surface area contributed by atoms with Gasteiger partial charge in [-0.1, -0.05) is 0 Å². The molecule has 0 aromatic rings. The largest absolute Gasteiger partial charge is 0.444 e. The van der Waals surface area contributed by atoms with Crippen molar-refractivity contribution >= 4 is 12.0 Å².